The maximum Gasteiger partial charge on any atom is 0.317 e. The molecule has 0 spiro atoms. The van der Waals surface area contributed by atoms with Crippen molar-refractivity contribution in [3.63, 3.8) is 0 Å². The Kier molecular flexibility index (Phi) is 5.03. The fourth-order valence-corrected chi connectivity index (χ4v) is 3.96. The molecule has 0 unspecified atom stereocenters. The molecule has 130 valence electrons. The Balaban J connectivity index is 2.14. The molecule has 0 saturated heterocycles. The first-order valence-corrected chi connectivity index (χ1v) is 8.86. The van der Waals surface area contributed by atoms with Crippen LogP contribution in [0, 0.1) is 11.3 Å². The van der Waals surface area contributed by atoms with E-state index >= 15 is 0 Å². The number of benzene rings is 1. The topological polar surface area (TPSA) is 43.4 Å². The van der Waals surface area contributed by atoms with Gasteiger partial charge in [0.25, 0.3) is 0 Å². The number of allylic oxidation sites excluding steroid dienone is 4. The van der Waals surface area contributed by atoms with E-state index in [1.165, 1.54) is 0 Å². The first kappa shape index (κ1) is 17.4. The van der Waals surface area contributed by atoms with Crippen LogP contribution < -0.4 is 0 Å². The first-order chi connectivity index (χ1) is 12.1. The summed E-state index contributed by atoms with van der Waals surface area (Å²) in [6, 6.07) is 9.83. The number of ketones is 1. The molecule has 1 aromatic carbocycles. The molecule has 0 heterocycles. The number of hydrogen-bond acceptors (Lipinski definition) is 3. The number of Topliss-reactive ketones (excluding diaryl/α,β-unsaturated/α-hetero) is 1. The van der Waals surface area contributed by atoms with Crippen LogP contribution in [0.1, 0.15) is 31.7 Å². The maximum atomic E-state index is 13.2. The average molecular weight is 336 g/mol. The Morgan fingerprint density at radius 3 is 2.80 bits per heavy atom. The van der Waals surface area contributed by atoms with Crippen LogP contribution >= 0.6 is 0 Å². The monoisotopic (exact) mass is 336 g/mol. The van der Waals surface area contributed by atoms with Gasteiger partial charge in [0.2, 0.25) is 0 Å². The molecule has 0 aromatic heterocycles. The lowest BCUT2D eigenvalue weighted by Gasteiger charge is -2.32. The van der Waals surface area contributed by atoms with Crippen molar-refractivity contribution in [3.05, 3.63) is 71.8 Å². The summed E-state index contributed by atoms with van der Waals surface area (Å²) in [7, 11) is 0. The molecular weight excluding hydrogens is 312 g/mol. The molecule has 0 radical (unpaired) electrons. The molecule has 3 nitrogen and oxygen atoms in total. The summed E-state index contributed by atoms with van der Waals surface area (Å²) in [5, 5.41) is 0. The Morgan fingerprint density at radius 2 is 2.08 bits per heavy atom. The third-order valence-corrected chi connectivity index (χ3v) is 5.07. The van der Waals surface area contributed by atoms with Crippen LogP contribution in [-0.4, -0.2) is 18.4 Å². The second kappa shape index (κ2) is 7.22. The summed E-state index contributed by atoms with van der Waals surface area (Å²) >= 11 is 0. The number of fused-ring (bicyclic) bond motifs is 2. The highest BCUT2D eigenvalue weighted by Crippen LogP contribution is 2.46. The van der Waals surface area contributed by atoms with Crippen LogP contribution in [0.4, 0.5) is 0 Å². The van der Waals surface area contributed by atoms with Crippen molar-refractivity contribution >= 4 is 11.8 Å². The number of carbonyl (C=O) groups is 2. The molecule has 1 aromatic rings. The predicted molar refractivity (Wildman–Crippen MR) is 97.9 cm³/mol. The van der Waals surface area contributed by atoms with Gasteiger partial charge < -0.3 is 4.74 Å². The Bertz CT molecular complexity index is 742. The summed E-state index contributed by atoms with van der Waals surface area (Å²) < 4.78 is 5.44. The van der Waals surface area contributed by atoms with Crippen molar-refractivity contribution in [1.29, 1.82) is 0 Å². The molecule has 1 saturated carbocycles. The number of rotatable bonds is 4. The smallest absolute Gasteiger partial charge is 0.317 e. The maximum absolute atomic E-state index is 13.2. The van der Waals surface area contributed by atoms with Crippen LogP contribution in [0.3, 0.4) is 0 Å². The van der Waals surface area contributed by atoms with Gasteiger partial charge in [-0.15, -0.1) is 0 Å². The minimum atomic E-state index is -0.991. The average Bonchev–Trinajstić information content (AvgIpc) is 2.83. The Labute approximate surface area is 149 Å². The van der Waals surface area contributed by atoms with E-state index < -0.39 is 5.41 Å². The normalized spacial score (nSPS) is 25.8. The molecule has 0 N–H and O–H groups in total. The van der Waals surface area contributed by atoms with Gasteiger partial charge in [0.05, 0.1) is 6.61 Å². The number of ether oxygens (including phenoxy) is 1. The fourth-order valence-electron chi connectivity index (χ4n) is 3.96. The van der Waals surface area contributed by atoms with E-state index in [-0.39, 0.29) is 17.7 Å². The summed E-state index contributed by atoms with van der Waals surface area (Å²) in [5.41, 5.74) is 1.55. The zero-order valence-corrected chi connectivity index (χ0v) is 14.7. The highest BCUT2D eigenvalue weighted by molar-refractivity contribution is 6.05. The quantitative estimate of drug-likeness (QED) is 0.611. The van der Waals surface area contributed by atoms with Crippen molar-refractivity contribution < 1.29 is 14.3 Å². The molecule has 2 aliphatic rings. The summed E-state index contributed by atoms with van der Waals surface area (Å²) in [4.78, 5) is 26.3. The van der Waals surface area contributed by atoms with Crippen molar-refractivity contribution in [2.45, 2.75) is 32.6 Å². The Hall–Kier alpha value is -2.42. The van der Waals surface area contributed by atoms with Gasteiger partial charge in [0.1, 0.15) is 5.41 Å². The Morgan fingerprint density at radius 1 is 1.32 bits per heavy atom. The van der Waals surface area contributed by atoms with Gasteiger partial charge >= 0.3 is 5.97 Å². The van der Waals surface area contributed by atoms with E-state index in [1.807, 2.05) is 48.6 Å². The standard InChI is InChI=1S/C22H24O3/c1-3-25-21(24)22(15-17-9-5-4-6-10-17)14-16(2)13-18-11-7-8-12-19(22)20(18)23/h4-10,12,18H,2-3,11,13-15H2,1H3/t18-,22-/m0/s1. The zero-order valence-electron chi connectivity index (χ0n) is 14.7. The number of hydrogen-bond donors (Lipinski definition) is 0. The summed E-state index contributed by atoms with van der Waals surface area (Å²) in [6.07, 6.45) is 7.97. The van der Waals surface area contributed by atoms with Crippen molar-refractivity contribution in [3.8, 4) is 0 Å². The highest BCUT2D eigenvalue weighted by Gasteiger charge is 2.49. The van der Waals surface area contributed by atoms with Crippen molar-refractivity contribution in [2.75, 3.05) is 6.61 Å². The third kappa shape index (κ3) is 3.37. The SMILES string of the molecule is C=C1C[C@@H]2CC=CC=C(C2=O)[C@](Cc2ccccc2)(C(=O)OCC)C1. The lowest BCUT2D eigenvalue weighted by atomic mass is 9.70. The largest absolute Gasteiger partial charge is 0.465 e. The minimum Gasteiger partial charge on any atom is -0.465 e. The molecule has 3 heteroatoms. The molecule has 1 fully saturated rings. The molecular formula is C22H24O3. The fraction of sp³-hybridized carbons (Fsp3) is 0.364. The molecule has 3 rings (SSSR count). The van der Waals surface area contributed by atoms with Crippen LogP contribution in [0.2, 0.25) is 0 Å². The second-order valence-electron chi connectivity index (χ2n) is 6.90. The van der Waals surface area contributed by atoms with E-state index in [0.717, 1.165) is 11.1 Å². The van der Waals surface area contributed by atoms with Crippen LogP contribution in [0.25, 0.3) is 0 Å². The lowest BCUT2D eigenvalue weighted by molar-refractivity contribution is -0.154. The first-order valence-electron chi connectivity index (χ1n) is 8.86. The summed E-state index contributed by atoms with van der Waals surface area (Å²) in [5.74, 6) is -0.382. The number of carbonyl (C=O) groups excluding carboxylic acids is 2. The van der Waals surface area contributed by atoms with Gasteiger partial charge in [-0.1, -0.05) is 60.7 Å². The molecule has 2 atom stereocenters. The van der Waals surface area contributed by atoms with Crippen molar-refractivity contribution in [1.82, 2.24) is 0 Å². The van der Waals surface area contributed by atoms with Gasteiger partial charge in [-0.3, -0.25) is 9.59 Å². The van der Waals surface area contributed by atoms with Gasteiger partial charge in [-0.25, -0.2) is 0 Å². The number of esters is 1. The van der Waals surface area contributed by atoms with E-state index in [9.17, 15) is 9.59 Å². The van der Waals surface area contributed by atoms with E-state index in [2.05, 4.69) is 6.58 Å². The lowest BCUT2D eigenvalue weighted by Crippen LogP contribution is -2.39. The van der Waals surface area contributed by atoms with E-state index in [4.69, 9.17) is 4.74 Å². The van der Waals surface area contributed by atoms with Gasteiger partial charge in [-0.05, 0) is 38.2 Å². The zero-order chi connectivity index (χ0) is 17.9. The molecule has 2 bridgehead atoms. The van der Waals surface area contributed by atoms with Crippen molar-refractivity contribution in [2.24, 2.45) is 11.3 Å². The van der Waals surface area contributed by atoms with E-state index in [1.54, 1.807) is 6.92 Å². The van der Waals surface area contributed by atoms with Gasteiger partial charge in [0, 0.05) is 11.5 Å². The second-order valence-corrected chi connectivity index (χ2v) is 6.90. The molecule has 25 heavy (non-hydrogen) atoms. The summed E-state index contributed by atoms with van der Waals surface area (Å²) in [6.45, 7) is 6.26. The highest BCUT2D eigenvalue weighted by atomic mass is 16.5. The minimum absolute atomic E-state index is 0.0626. The van der Waals surface area contributed by atoms with Crippen LogP contribution in [-0.2, 0) is 20.7 Å². The molecule has 0 aliphatic heterocycles. The van der Waals surface area contributed by atoms with Gasteiger partial charge in [0.15, 0.2) is 5.78 Å². The molecule has 0 amide bonds. The molecule has 2 aliphatic carbocycles. The van der Waals surface area contributed by atoms with Crippen LogP contribution in [0.5, 0.6) is 0 Å². The van der Waals surface area contributed by atoms with E-state index in [0.29, 0.717) is 37.9 Å². The van der Waals surface area contributed by atoms with Crippen LogP contribution in [0.15, 0.2) is 66.3 Å². The van der Waals surface area contributed by atoms with Gasteiger partial charge in [-0.2, -0.15) is 0 Å². The third-order valence-electron chi connectivity index (χ3n) is 5.07. The predicted octanol–water partition coefficient (Wildman–Crippen LogP) is 4.20.